The zero-order valence-electron chi connectivity index (χ0n) is 8.92. The number of amides is 1. The molecule has 0 atom stereocenters. The van der Waals surface area contributed by atoms with Gasteiger partial charge in [0.2, 0.25) is 5.95 Å². The summed E-state index contributed by atoms with van der Waals surface area (Å²) in [5.41, 5.74) is 1.39. The number of imidazole rings is 1. The summed E-state index contributed by atoms with van der Waals surface area (Å²) in [4.78, 5) is 18.8. The van der Waals surface area contributed by atoms with E-state index in [1.807, 2.05) is 6.92 Å². The first-order valence-corrected chi connectivity index (χ1v) is 6.01. The SMILES string of the molecule is Cc1cnc(NC(=O)c2ccc(Cl)cc2Br)[nH]1. The van der Waals surface area contributed by atoms with Gasteiger partial charge < -0.3 is 4.98 Å². The fourth-order valence-corrected chi connectivity index (χ4v) is 2.19. The molecular weight excluding hydrogens is 305 g/mol. The van der Waals surface area contributed by atoms with Crippen molar-refractivity contribution < 1.29 is 4.79 Å². The van der Waals surface area contributed by atoms with Crippen molar-refractivity contribution in [3.8, 4) is 0 Å². The molecule has 1 heterocycles. The van der Waals surface area contributed by atoms with E-state index in [1.165, 1.54) is 0 Å². The van der Waals surface area contributed by atoms with Crippen molar-refractivity contribution in [3.63, 3.8) is 0 Å². The van der Waals surface area contributed by atoms with Crippen molar-refractivity contribution >= 4 is 39.4 Å². The van der Waals surface area contributed by atoms with Crippen molar-refractivity contribution in [3.05, 3.63) is 45.1 Å². The largest absolute Gasteiger partial charge is 0.328 e. The van der Waals surface area contributed by atoms with Crippen LogP contribution in [0.5, 0.6) is 0 Å². The van der Waals surface area contributed by atoms with Crippen LogP contribution < -0.4 is 5.32 Å². The Balaban J connectivity index is 2.20. The summed E-state index contributed by atoms with van der Waals surface area (Å²) in [5.74, 6) is 0.178. The number of anilines is 1. The lowest BCUT2D eigenvalue weighted by molar-refractivity contribution is 0.102. The van der Waals surface area contributed by atoms with Gasteiger partial charge >= 0.3 is 0 Å². The van der Waals surface area contributed by atoms with Crippen LogP contribution >= 0.6 is 27.5 Å². The maximum Gasteiger partial charge on any atom is 0.259 e. The molecule has 0 spiro atoms. The number of carbonyl (C=O) groups excluding carboxylic acids is 1. The summed E-state index contributed by atoms with van der Waals surface area (Å²) >= 11 is 9.10. The van der Waals surface area contributed by atoms with E-state index in [0.717, 1.165) is 5.69 Å². The van der Waals surface area contributed by atoms with Crippen LogP contribution in [0.4, 0.5) is 5.95 Å². The molecule has 0 fully saturated rings. The second-order valence-electron chi connectivity index (χ2n) is 3.49. The fraction of sp³-hybridized carbons (Fsp3) is 0.0909. The minimum atomic E-state index is -0.247. The summed E-state index contributed by atoms with van der Waals surface area (Å²) in [7, 11) is 0. The Hall–Kier alpha value is -1.33. The summed E-state index contributed by atoms with van der Waals surface area (Å²) in [6, 6.07) is 4.98. The van der Waals surface area contributed by atoms with E-state index in [0.29, 0.717) is 21.0 Å². The highest BCUT2D eigenvalue weighted by molar-refractivity contribution is 9.10. The molecule has 0 bridgehead atoms. The Morgan fingerprint density at radius 3 is 2.88 bits per heavy atom. The molecule has 0 saturated heterocycles. The molecule has 0 unspecified atom stereocenters. The Morgan fingerprint density at radius 1 is 1.53 bits per heavy atom. The molecule has 1 aromatic heterocycles. The number of hydrogen-bond acceptors (Lipinski definition) is 2. The maximum absolute atomic E-state index is 11.9. The lowest BCUT2D eigenvalue weighted by atomic mass is 10.2. The standard InChI is InChI=1S/C11H9BrClN3O/c1-6-5-14-11(15-6)16-10(17)8-3-2-7(13)4-9(8)12/h2-5H,1H3,(H2,14,15,16,17). The Bertz CT molecular complexity index is 568. The topological polar surface area (TPSA) is 57.8 Å². The molecule has 4 nitrogen and oxygen atoms in total. The van der Waals surface area contributed by atoms with Crippen molar-refractivity contribution in [2.24, 2.45) is 0 Å². The molecule has 88 valence electrons. The van der Waals surface area contributed by atoms with Gasteiger partial charge in [-0.3, -0.25) is 10.1 Å². The highest BCUT2D eigenvalue weighted by Gasteiger charge is 2.11. The molecule has 17 heavy (non-hydrogen) atoms. The van der Waals surface area contributed by atoms with E-state index in [-0.39, 0.29) is 5.91 Å². The van der Waals surface area contributed by atoms with Gasteiger partial charge in [-0.1, -0.05) is 11.6 Å². The molecule has 2 rings (SSSR count). The molecular formula is C11H9BrClN3O. The molecule has 6 heteroatoms. The first-order chi connectivity index (χ1) is 8.06. The van der Waals surface area contributed by atoms with Crippen molar-refractivity contribution in [1.82, 2.24) is 9.97 Å². The number of rotatable bonds is 2. The van der Waals surface area contributed by atoms with Crippen molar-refractivity contribution in [1.29, 1.82) is 0 Å². The number of halogens is 2. The minimum absolute atomic E-state index is 0.247. The third-order valence-corrected chi connectivity index (χ3v) is 3.00. The zero-order valence-corrected chi connectivity index (χ0v) is 11.3. The average Bonchev–Trinajstić information content (AvgIpc) is 2.63. The smallest absolute Gasteiger partial charge is 0.259 e. The van der Waals surface area contributed by atoms with Crippen LogP contribution in [0, 0.1) is 6.92 Å². The van der Waals surface area contributed by atoms with Gasteiger partial charge in [-0.05, 0) is 41.1 Å². The van der Waals surface area contributed by atoms with Gasteiger partial charge in [0.1, 0.15) is 0 Å². The second-order valence-corrected chi connectivity index (χ2v) is 4.78. The van der Waals surface area contributed by atoms with Gasteiger partial charge in [0.15, 0.2) is 0 Å². The Morgan fingerprint density at radius 2 is 2.29 bits per heavy atom. The highest BCUT2D eigenvalue weighted by Crippen LogP contribution is 2.22. The van der Waals surface area contributed by atoms with Gasteiger partial charge in [0.05, 0.1) is 5.56 Å². The number of H-pyrrole nitrogens is 1. The number of aromatic amines is 1. The van der Waals surface area contributed by atoms with E-state index in [1.54, 1.807) is 24.4 Å². The Kier molecular flexibility index (Phi) is 3.49. The molecule has 0 aliphatic carbocycles. The molecule has 0 radical (unpaired) electrons. The summed E-state index contributed by atoms with van der Waals surface area (Å²) in [6.07, 6.45) is 1.65. The second kappa shape index (κ2) is 4.89. The molecule has 0 aliphatic rings. The van der Waals surface area contributed by atoms with Gasteiger partial charge in [0.25, 0.3) is 5.91 Å². The number of nitrogens with one attached hydrogen (secondary N) is 2. The predicted molar refractivity (Wildman–Crippen MR) is 70.4 cm³/mol. The van der Waals surface area contributed by atoms with Gasteiger partial charge in [-0.2, -0.15) is 0 Å². The number of aryl methyl sites for hydroxylation is 1. The molecule has 2 N–H and O–H groups in total. The minimum Gasteiger partial charge on any atom is -0.328 e. The lowest BCUT2D eigenvalue weighted by Crippen LogP contribution is -2.13. The van der Waals surface area contributed by atoms with Crippen LogP contribution in [-0.4, -0.2) is 15.9 Å². The number of benzene rings is 1. The summed E-state index contributed by atoms with van der Waals surface area (Å²) in [6.45, 7) is 1.86. The van der Waals surface area contributed by atoms with Crippen LogP contribution in [0.2, 0.25) is 5.02 Å². The number of hydrogen-bond donors (Lipinski definition) is 2. The van der Waals surface area contributed by atoms with Crippen LogP contribution in [0.15, 0.2) is 28.9 Å². The third kappa shape index (κ3) is 2.87. The zero-order chi connectivity index (χ0) is 12.4. The monoisotopic (exact) mass is 313 g/mol. The van der Waals surface area contributed by atoms with Crippen LogP contribution in [-0.2, 0) is 0 Å². The summed E-state index contributed by atoms with van der Waals surface area (Å²) in [5, 5.41) is 3.23. The Labute approximate surface area is 112 Å². The van der Waals surface area contributed by atoms with Crippen LogP contribution in [0.25, 0.3) is 0 Å². The van der Waals surface area contributed by atoms with Crippen LogP contribution in [0.1, 0.15) is 16.1 Å². The molecule has 1 amide bonds. The van der Waals surface area contributed by atoms with Crippen molar-refractivity contribution in [2.75, 3.05) is 5.32 Å². The number of carbonyl (C=O) groups is 1. The predicted octanol–water partition coefficient (Wildman–Crippen LogP) is 3.39. The normalized spacial score (nSPS) is 10.3. The lowest BCUT2D eigenvalue weighted by Gasteiger charge is -2.04. The van der Waals surface area contributed by atoms with E-state index < -0.39 is 0 Å². The van der Waals surface area contributed by atoms with Gasteiger partial charge in [-0.25, -0.2) is 4.98 Å². The third-order valence-electron chi connectivity index (χ3n) is 2.11. The van der Waals surface area contributed by atoms with E-state index in [2.05, 4.69) is 31.2 Å². The van der Waals surface area contributed by atoms with Crippen molar-refractivity contribution in [2.45, 2.75) is 6.92 Å². The molecule has 2 aromatic rings. The quantitative estimate of drug-likeness (QED) is 0.892. The van der Waals surface area contributed by atoms with Gasteiger partial charge in [-0.15, -0.1) is 0 Å². The van der Waals surface area contributed by atoms with E-state index in [4.69, 9.17) is 11.6 Å². The van der Waals surface area contributed by atoms with Gasteiger partial charge in [0, 0.05) is 21.4 Å². The first-order valence-electron chi connectivity index (χ1n) is 4.84. The van der Waals surface area contributed by atoms with E-state index in [9.17, 15) is 4.79 Å². The average molecular weight is 315 g/mol. The maximum atomic E-state index is 11.9. The molecule has 0 aliphatic heterocycles. The highest BCUT2D eigenvalue weighted by atomic mass is 79.9. The molecule has 1 aromatic carbocycles. The van der Waals surface area contributed by atoms with Crippen LogP contribution in [0.3, 0.4) is 0 Å². The first kappa shape index (κ1) is 12.1. The van der Waals surface area contributed by atoms with E-state index >= 15 is 0 Å². The summed E-state index contributed by atoms with van der Waals surface area (Å²) < 4.78 is 0.644. The number of aromatic nitrogens is 2. The molecule has 0 saturated carbocycles. The fourth-order valence-electron chi connectivity index (χ4n) is 1.32. The number of nitrogens with zero attached hydrogens (tertiary/aromatic N) is 1.